The summed E-state index contributed by atoms with van der Waals surface area (Å²) in [6.07, 6.45) is 2.13. The molecule has 2 rings (SSSR count). The second-order valence-electron chi connectivity index (χ2n) is 4.68. The van der Waals surface area contributed by atoms with Crippen LogP contribution in [-0.4, -0.2) is 46.8 Å². The topological polar surface area (TPSA) is 101 Å². The molecular formula is C10H18N4O3S. The maximum Gasteiger partial charge on any atom is 0.248 e. The summed E-state index contributed by atoms with van der Waals surface area (Å²) in [6.45, 7) is 2.16. The Labute approximate surface area is 106 Å². The zero-order chi connectivity index (χ0) is 13.5. The van der Waals surface area contributed by atoms with E-state index >= 15 is 0 Å². The first-order valence-corrected chi connectivity index (χ1v) is 7.23. The van der Waals surface area contributed by atoms with Crippen molar-refractivity contribution in [3.05, 3.63) is 6.20 Å². The van der Waals surface area contributed by atoms with Crippen molar-refractivity contribution < 1.29 is 13.5 Å². The minimum Gasteiger partial charge on any atom is -0.395 e. The smallest absolute Gasteiger partial charge is 0.248 e. The van der Waals surface area contributed by atoms with Crippen molar-refractivity contribution in [2.75, 3.05) is 18.9 Å². The molecule has 102 valence electrons. The van der Waals surface area contributed by atoms with Crippen LogP contribution in [0.4, 0.5) is 5.82 Å². The van der Waals surface area contributed by atoms with Gasteiger partial charge < -0.3 is 10.8 Å². The van der Waals surface area contributed by atoms with Crippen molar-refractivity contribution in [2.24, 2.45) is 13.0 Å². The highest BCUT2D eigenvalue weighted by Crippen LogP contribution is 2.31. The Morgan fingerprint density at radius 3 is 2.78 bits per heavy atom. The Morgan fingerprint density at radius 1 is 1.61 bits per heavy atom. The van der Waals surface area contributed by atoms with E-state index in [9.17, 15) is 13.5 Å². The Bertz CT molecular complexity index is 539. The molecule has 0 radical (unpaired) electrons. The van der Waals surface area contributed by atoms with Crippen molar-refractivity contribution in [2.45, 2.75) is 24.3 Å². The van der Waals surface area contributed by atoms with E-state index in [0.29, 0.717) is 6.54 Å². The molecule has 0 amide bonds. The average Bonchev–Trinajstić information content (AvgIpc) is 2.82. The van der Waals surface area contributed by atoms with E-state index in [0.717, 1.165) is 6.42 Å². The summed E-state index contributed by atoms with van der Waals surface area (Å²) >= 11 is 0. The number of aliphatic hydroxyl groups excluding tert-OH is 1. The second kappa shape index (κ2) is 4.52. The lowest BCUT2D eigenvalue weighted by Gasteiger charge is -2.23. The van der Waals surface area contributed by atoms with Gasteiger partial charge in [0.05, 0.1) is 12.6 Å². The zero-order valence-electron chi connectivity index (χ0n) is 10.4. The number of hydrogen-bond acceptors (Lipinski definition) is 5. The molecule has 3 N–H and O–H groups in total. The SMILES string of the molecule is CC1CCN(S(=O)(=O)c2cn(C)nc2N)C1CO. The van der Waals surface area contributed by atoms with Crippen molar-refractivity contribution in [1.82, 2.24) is 14.1 Å². The van der Waals surface area contributed by atoms with Crippen LogP contribution in [0.25, 0.3) is 0 Å². The van der Waals surface area contributed by atoms with Crippen LogP contribution in [0.5, 0.6) is 0 Å². The van der Waals surface area contributed by atoms with Gasteiger partial charge in [0.1, 0.15) is 4.90 Å². The third-order valence-corrected chi connectivity index (χ3v) is 5.37. The minimum absolute atomic E-state index is 0.00579. The molecule has 1 fully saturated rings. The van der Waals surface area contributed by atoms with Gasteiger partial charge >= 0.3 is 0 Å². The van der Waals surface area contributed by atoms with Crippen LogP contribution in [0.15, 0.2) is 11.1 Å². The number of aliphatic hydroxyl groups is 1. The molecule has 2 heterocycles. The number of hydrogen-bond donors (Lipinski definition) is 2. The molecule has 0 aliphatic carbocycles. The van der Waals surface area contributed by atoms with Gasteiger partial charge in [0.2, 0.25) is 10.0 Å². The third kappa shape index (κ3) is 2.00. The molecule has 1 aromatic heterocycles. The predicted molar refractivity (Wildman–Crippen MR) is 66.2 cm³/mol. The van der Waals surface area contributed by atoms with Crippen molar-refractivity contribution in [1.29, 1.82) is 0 Å². The fraction of sp³-hybridized carbons (Fsp3) is 0.700. The van der Waals surface area contributed by atoms with Gasteiger partial charge in [-0.3, -0.25) is 4.68 Å². The maximum absolute atomic E-state index is 12.5. The molecule has 0 spiro atoms. The average molecular weight is 274 g/mol. The van der Waals surface area contributed by atoms with Gasteiger partial charge in [0, 0.05) is 19.8 Å². The number of rotatable bonds is 3. The van der Waals surface area contributed by atoms with Crippen molar-refractivity contribution >= 4 is 15.8 Å². The van der Waals surface area contributed by atoms with Crippen LogP contribution in [0.3, 0.4) is 0 Å². The first-order valence-electron chi connectivity index (χ1n) is 5.79. The number of aromatic nitrogens is 2. The standard InChI is InChI=1S/C10H18N4O3S/c1-7-3-4-14(8(7)6-15)18(16,17)9-5-13(2)12-10(9)11/h5,7-8,15H,3-4,6H2,1-2H3,(H2,11,12). The fourth-order valence-corrected chi connectivity index (χ4v) is 4.17. The molecule has 1 saturated heterocycles. The molecule has 0 aromatic carbocycles. The first kappa shape index (κ1) is 13.3. The summed E-state index contributed by atoms with van der Waals surface area (Å²) in [4.78, 5) is 0.0116. The molecule has 1 aliphatic rings. The number of nitrogens with two attached hydrogens (primary N) is 1. The summed E-state index contributed by atoms with van der Waals surface area (Å²) in [5, 5.41) is 13.2. The molecule has 8 heteroatoms. The van der Waals surface area contributed by atoms with Gasteiger partial charge in [-0.05, 0) is 12.3 Å². The fourth-order valence-electron chi connectivity index (χ4n) is 2.35. The molecule has 7 nitrogen and oxygen atoms in total. The molecular weight excluding hydrogens is 256 g/mol. The van der Waals surface area contributed by atoms with E-state index in [4.69, 9.17) is 5.73 Å². The van der Waals surface area contributed by atoms with Gasteiger partial charge in [-0.15, -0.1) is 0 Å². The van der Waals surface area contributed by atoms with Crippen LogP contribution < -0.4 is 5.73 Å². The normalized spacial score (nSPS) is 25.7. The Kier molecular flexibility index (Phi) is 3.35. The van der Waals surface area contributed by atoms with Gasteiger partial charge in [-0.2, -0.15) is 9.40 Å². The highest BCUT2D eigenvalue weighted by Gasteiger charge is 2.40. The molecule has 2 atom stereocenters. The number of nitrogen functional groups attached to an aromatic ring is 1. The number of anilines is 1. The molecule has 1 aliphatic heterocycles. The van der Waals surface area contributed by atoms with Crippen LogP contribution in [0.1, 0.15) is 13.3 Å². The monoisotopic (exact) mass is 274 g/mol. The Morgan fingerprint density at radius 2 is 2.28 bits per heavy atom. The summed E-state index contributed by atoms with van der Waals surface area (Å²) in [5.74, 6) is 0.136. The summed E-state index contributed by atoms with van der Waals surface area (Å²) in [6, 6.07) is -0.380. The Hall–Kier alpha value is -1.12. The maximum atomic E-state index is 12.5. The van der Waals surface area contributed by atoms with E-state index in [1.807, 2.05) is 6.92 Å². The van der Waals surface area contributed by atoms with Gasteiger partial charge in [0.15, 0.2) is 5.82 Å². The van der Waals surface area contributed by atoms with E-state index in [-0.39, 0.29) is 29.3 Å². The summed E-state index contributed by atoms with van der Waals surface area (Å²) in [7, 11) is -2.06. The van der Waals surface area contributed by atoms with Crippen molar-refractivity contribution in [3.63, 3.8) is 0 Å². The third-order valence-electron chi connectivity index (χ3n) is 3.43. The molecule has 2 unspecified atom stereocenters. The molecule has 0 bridgehead atoms. The van der Waals surface area contributed by atoms with Crippen LogP contribution >= 0.6 is 0 Å². The zero-order valence-corrected chi connectivity index (χ0v) is 11.3. The van der Waals surface area contributed by atoms with Crippen LogP contribution in [0.2, 0.25) is 0 Å². The molecule has 1 aromatic rings. The first-order chi connectivity index (χ1) is 8.37. The molecule has 18 heavy (non-hydrogen) atoms. The quantitative estimate of drug-likeness (QED) is 0.766. The van der Waals surface area contributed by atoms with Gasteiger partial charge in [-0.1, -0.05) is 6.92 Å². The van der Waals surface area contributed by atoms with Crippen LogP contribution in [0, 0.1) is 5.92 Å². The van der Waals surface area contributed by atoms with Crippen molar-refractivity contribution in [3.8, 4) is 0 Å². The second-order valence-corrected chi connectivity index (χ2v) is 6.54. The number of sulfonamides is 1. The van der Waals surface area contributed by atoms with E-state index < -0.39 is 10.0 Å². The van der Waals surface area contributed by atoms with Gasteiger partial charge in [-0.25, -0.2) is 8.42 Å². The van der Waals surface area contributed by atoms with Crippen LogP contribution in [-0.2, 0) is 17.1 Å². The van der Waals surface area contributed by atoms with E-state index in [1.165, 1.54) is 15.2 Å². The number of nitrogens with zero attached hydrogens (tertiary/aromatic N) is 3. The summed E-state index contributed by atoms with van der Waals surface area (Å²) < 4.78 is 27.6. The van der Waals surface area contributed by atoms with E-state index in [2.05, 4.69) is 5.10 Å². The lowest BCUT2D eigenvalue weighted by Crippen LogP contribution is -2.39. The number of aryl methyl sites for hydroxylation is 1. The highest BCUT2D eigenvalue weighted by atomic mass is 32.2. The van der Waals surface area contributed by atoms with Gasteiger partial charge in [0.25, 0.3) is 0 Å². The van der Waals surface area contributed by atoms with E-state index in [1.54, 1.807) is 7.05 Å². The largest absolute Gasteiger partial charge is 0.395 e. The predicted octanol–water partition coefficient (Wildman–Crippen LogP) is -0.606. The lowest BCUT2D eigenvalue weighted by molar-refractivity contribution is 0.191. The minimum atomic E-state index is -3.68. The Balaban J connectivity index is 2.40. The molecule has 0 saturated carbocycles. The lowest BCUT2D eigenvalue weighted by atomic mass is 10.0. The summed E-state index contributed by atoms with van der Waals surface area (Å²) in [5.41, 5.74) is 5.62. The highest BCUT2D eigenvalue weighted by molar-refractivity contribution is 7.89.